The minimum Gasteiger partial charge on any atom is -0.482 e. The lowest BCUT2D eigenvalue weighted by Gasteiger charge is -2.09. The monoisotopic (exact) mass is 372 g/mol. The Morgan fingerprint density at radius 2 is 1.92 bits per heavy atom. The summed E-state index contributed by atoms with van der Waals surface area (Å²) in [6, 6.07) is 12.8. The topological polar surface area (TPSA) is 74.5 Å². The average Bonchev–Trinajstić information content (AvgIpc) is 3.09. The normalized spacial score (nSPS) is 10.6. The Kier molecular flexibility index (Phi) is 5.53. The van der Waals surface area contributed by atoms with Crippen LogP contribution in [0.3, 0.4) is 0 Å². The molecule has 1 heterocycles. The zero-order valence-corrected chi connectivity index (χ0v) is 15.1. The number of rotatable bonds is 6. The molecule has 0 saturated heterocycles. The first-order chi connectivity index (χ1) is 12.5. The molecule has 0 aliphatic rings. The van der Waals surface area contributed by atoms with Crippen molar-refractivity contribution in [2.45, 2.75) is 20.5 Å². The second kappa shape index (κ2) is 8.01. The number of esters is 1. The molecule has 0 aliphatic carbocycles. The Hall–Kier alpha value is -2.86. The predicted octanol–water partition coefficient (Wildman–Crippen LogP) is 4.13. The van der Waals surface area contributed by atoms with Crippen LogP contribution < -0.4 is 4.74 Å². The summed E-state index contributed by atoms with van der Waals surface area (Å²) >= 11 is 5.85. The van der Waals surface area contributed by atoms with Crippen molar-refractivity contribution in [2.75, 3.05) is 6.61 Å². The minimum absolute atomic E-state index is 0.115. The Balaban J connectivity index is 1.51. The summed E-state index contributed by atoms with van der Waals surface area (Å²) in [5, 5.41) is 4.48. The van der Waals surface area contributed by atoms with E-state index in [0.29, 0.717) is 16.6 Å². The second-order valence-corrected chi connectivity index (χ2v) is 6.17. The number of ether oxygens (including phenoxy) is 2. The lowest BCUT2D eigenvalue weighted by molar-refractivity contribution is -0.148. The summed E-state index contributed by atoms with van der Waals surface area (Å²) in [6.45, 7) is 3.61. The van der Waals surface area contributed by atoms with Gasteiger partial charge in [0, 0.05) is 10.6 Å². The van der Waals surface area contributed by atoms with Crippen LogP contribution in [0, 0.1) is 13.8 Å². The third-order valence-electron chi connectivity index (χ3n) is 3.60. The molecule has 0 atom stereocenters. The number of nitrogens with zero attached hydrogens (tertiary/aromatic N) is 2. The number of aromatic nitrogens is 2. The number of aryl methyl sites for hydroxylation is 2. The molecule has 134 valence electrons. The van der Waals surface area contributed by atoms with E-state index in [-0.39, 0.29) is 19.1 Å². The standard InChI is InChI=1S/C19H17ClN2O4/c1-12-3-8-16(13(2)9-12)24-11-18(23)25-10-17-21-19(22-26-17)14-4-6-15(20)7-5-14/h3-9H,10-11H2,1-2H3. The Morgan fingerprint density at radius 3 is 2.65 bits per heavy atom. The molecular weight excluding hydrogens is 356 g/mol. The quantitative estimate of drug-likeness (QED) is 0.606. The fourth-order valence-electron chi connectivity index (χ4n) is 2.31. The zero-order chi connectivity index (χ0) is 18.5. The molecule has 26 heavy (non-hydrogen) atoms. The first-order valence-corrected chi connectivity index (χ1v) is 8.33. The molecule has 0 unspecified atom stereocenters. The van der Waals surface area contributed by atoms with E-state index in [0.717, 1.165) is 16.7 Å². The van der Waals surface area contributed by atoms with E-state index < -0.39 is 5.97 Å². The molecule has 0 spiro atoms. The van der Waals surface area contributed by atoms with Gasteiger partial charge >= 0.3 is 5.97 Å². The van der Waals surface area contributed by atoms with Crippen LogP contribution >= 0.6 is 11.6 Å². The maximum absolute atomic E-state index is 11.8. The van der Waals surface area contributed by atoms with Gasteiger partial charge in [-0.25, -0.2) is 4.79 Å². The summed E-state index contributed by atoms with van der Waals surface area (Å²) < 4.78 is 15.7. The van der Waals surface area contributed by atoms with Gasteiger partial charge in [-0.3, -0.25) is 0 Å². The van der Waals surface area contributed by atoms with Crippen LogP contribution in [0.25, 0.3) is 11.4 Å². The molecule has 0 fully saturated rings. The smallest absolute Gasteiger partial charge is 0.344 e. The molecule has 0 bridgehead atoms. The van der Waals surface area contributed by atoms with E-state index in [1.54, 1.807) is 24.3 Å². The largest absolute Gasteiger partial charge is 0.482 e. The molecule has 0 radical (unpaired) electrons. The van der Waals surface area contributed by atoms with Gasteiger partial charge < -0.3 is 14.0 Å². The third kappa shape index (κ3) is 4.61. The highest BCUT2D eigenvalue weighted by Gasteiger charge is 2.12. The molecule has 6 nitrogen and oxygen atoms in total. The number of halogens is 1. The average molecular weight is 373 g/mol. The number of hydrogen-bond donors (Lipinski definition) is 0. The van der Waals surface area contributed by atoms with Crippen LogP contribution in [0.4, 0.5) is 0 Å². The van der Waals surface area contributed by atoms with Gasteiger partial charge in [0.25, 0.3) is 5.89 Å². The van der Waals surface area contributed by atoms with Crippen LogP contribution in [0.1, 0.15) is 17.0 Å². The highest BCUT2D eigenvalue weighted by Crippen LogP contribution is 2.20. The molecule has 0 saturated carbocycles. The highest BCUT2D eigenvalue weighted by molar-refractivity contribution is 6.30. The molecule has 0 amide bonds. The van der Waals surface area contributed by atoms with Gasteiger partial charge in [-0.15, -0.1) is 0 Å². The van der Waals surface area contributed by atoms with Crippen molar-refractivity contribution in [1.29, 1.82) is 0 Å². The number of hydrogen-bond acceptors (Lipinski definition) is 6. The molecule has 2 aromatic carbocycles. The number of benzene rings is 2. The first kappa shape index (κ1) is 17.9. The summed E-state index contributed by atoms with van der Waals surface area (Å²) in [5.74, 6) is 0.737. The third-order valence-corrected chi connectivity index (χ3v) is 3.86. The van der Waals surface area contributed by atoms with Crippen LogP contribution in [0.5, 0.6) is 5.75 Å². The fraction of sp³-hybridized carbons (Fsp3) is 0.211. The zero-order valence-electron chi connectivity index (χ0n) is 14.4. The predicted molar refractivity (Wildman–Crippen MR) is 96.0 cm³/mol. The van der Waals surface area contributed by atoms with Crippen molar-refractivity contribution in [3.05, 3.63) is 64.5 Å². The van der Waals surface area contributed by atoms with Gasteiger partial charge in [0.1, 0.15) is 5.75 Å². The molecule has 1 aromatic heterocycles. The van der Waals surface area contributed by atoms with Gasteiger partial charge in [0.2, 0.25) is 5.82 Å². The lowest BCUT2D eigenvalue weighted by atomic mass is 10.1. The van der Waals surface area contributed by atoms with Crippen molar-refractivity contribution < 1.29 is 18.8 Å². The van der Waals surface area contributed by atoms with Crippen molar-refractivity contribution in [3.63, 3.8) is 0 Å². The number of carbonyl (C=O) groups excluding carboxylic acids is 1. The summed E-state index contributed by atoms with van der Waals surface area (Å²) in [6.07, 6.45) is 0. The highest BCUT2D eigenvalue weighted by atomic mass is 35.5. The van der Waals surface area contributed by atoms with Gasteiger partial charge in [0.05, 0.1) is 0 Å². The summed E-state index contributed by atoms with van der Waals surface area (Å²) in [7, 11) is 0. The van der Waals surface area contributed by atoms with Crippen LogP contribution in [-0.2, 0) is 16.1 Å². The van der Waals surface area contributed by atoms with Gasteiger partial charge in [0.15, 0.2) is 13.2 Å². The van der Waals surface area contributed by atoms with E-state index in [9.17, 15) is 4.79 Å². The van der Waals surface area contributed by atoms with Crippen molar-refractivity contribution in [3.8, 4) is 17.1 Å². The van der Waals surface area contributed by atoms with E-state index in [2.05, 4.69) is 10.1 Å². The van der Waals surface area contributed by atoms with Crippen LogP contribution in [0.15, 0.2) is 47.0 Å². The minimum atomic E-state index is -0.517. The van der Waals surface area contributed by atoms with E-state index in [1.807, 2.05) is 32.0 Å². The first-order valence-electron chi connectivity index (χ1n) is 7.95. The maximum Gasteiger partial charge on any atom is 0.344 e. The Labute approximate surface area is 155 Å². The maximum atomic E-state index is 11.8. The SMILES string of the molecule is Cc1ccc(OCC(=O)OCc2nc(-c3ccc(Cl)cc3)no2)c(C)c1. The molecule has 0 N–H and O–H groups in total. The molecular formula is C19H17ClN2O4. The number of carbonyl (C=O) groups is 1. The van der Waals surface area contributed by atoms with Crippen LogP contribution in [0.2, 0.25) is 5.02 Å². The Morgan fingerprint density at radius 1 is 1.15 bits per heavy atom. The molecule has 3 aromatic rings. The fourth-order valence-corrected chi connectivity index (χ4v) is 2.44. The molecule has 3 rings (SSSR count). The van der Waals surface area contributed by atoms with Gasteiger partial charge in [-0.1, -0.05) is 34.5 Å². The molecule has 7 heteroatoms. The second-order valence-electron chi connectivity index (χ2n) is 5.74. The summed E-state index contributed by atoms with van der Waals surface area (Å²) in [4.78, 5) is 16.0. The van der Waals surface area contributed by atoms with Gasteiger partial charge in [-0.05, 0) is 49.7 Å². The van der Waals surface area contributed by atoms with E-state index in [1.165, 1.54) is 0 Å². The van der Waals surface area contributed by atoms with E-state index in [4.69, 9.17) is 25.6 Å². The Bertz CT molecular complexity index is 906. The van der Waals surface area contributed by atoms with Crippen molar-refractivity contribution in [1.82, 2.24) is 10.1 Å². The summed E-state index contributed by atoms with van der Waals surface area (Å²) in [5.41, 5.74) is 2.85. The van der Waals surface area contributed by atoms with Crippen molar-refractivity contribution >= 4 is 17.6 Å². The van der Waals surface area contributed by atoms with Crippen molar-refractivity contribution in [2.24, 2.45) is 0 Å². The van der Waals surface area contributed by atoms with Gasteiger partial charge in [-0.2, -0.15) is 4.98 Å². The lowest BCUT2D eigenvalue weighted by Crippen LogP contribution is -2.15. The van der Waals surface area contributed by atoms with Crippen LogP contribution in [-0.4, -0.2) is 22.7 Å². The van der Waals surface area contributed by atoms with E-state index >= 15 is 0 Å². The molecule has 0 aliphatic heterocycles.